The Morgan fingerprint density at radius 2 is 2.11 bits per heavy atom. The molecule has 0 radical (unpaired) electrons. The van der Waals surface area contributed by atoms with Crippen molar-refractivity contribution >= 4 is 15.9 Å². The van der Waals surface area contributed by atoms with Gasteiger partial charge in [-0.3, -0.25) is 4.68 Å². The van der Waals surface area contributed by atoms with Crippen LogP contribution in [-0.2, 0) is 17.7 Å². The Morgan fingerprint density at radius 3 is 2.74 bits per heavy atom. The second-order valence-corrected chi connectivity index (χ2v) is 6.37. The van der Waals surface area contributed by atoms with Crippen LogP contribution in [0, 0.1) is 11.8 Å². The second-order valence-electron chi connectivity index (χ2n) is 5.52. The zero-order valence-electron chi connectivity index (χ0n) is 12.4. The Balaban J connectivity index is 2.48. The molecule has 0 fully saturated rings. The second kappa shape index (κ2) is 8.72. The lowest BCUT2D eigenvalue weighted by molar-refractivity contribution is 0.182. The third-order valence-electron chi connectivity index (χ3n) is 2.99. The molecule has 0 saturated heterocycles. The molecule has 1 N–H and O–H groups in total. The molecule has 4 nitrogen and oxygen atoms in total. The van der Waals surface area contributed by atoms with Gasteiger partial charge in [-0.15, -0.1) is 0 Å². The van der Waals surface area contributed by atoms with E-state index < -0.39 is 0 Å². The van der Waals surface area contributed by atoms with Gasteiger partial charge in [-0.05, 0) is 47.3 Å². The Bertz CT molecular complexity index is 366. The number of hydrogen-bond acceptors (Lipinski definition) is 3. The Hall–Kier alpha value is -0.390. The molecule has 1 aromatic heterocycles. The molecule has 1 aromatic rings. The summed E-state index contributed by atoms with van der Waals surface area (Å²) in [7, 11) is 1.72. The fraction of sp³-hybridized carbons (Fsp3) is 0.786. The number of hydrogen-bond donors (Lipinski definition) is 1. The van der Waals surface area contributed by atoms with Crippen LogP contribution in [0.25, 0.3) is 0 Å². The maximum Gasteiger partial charge on any atom is 0.0658 e. The van der Waals surface area contributed by atoms with E-state index in [0.29, 0.717) is 18.4 Å². The molecule has 0 bridgehead atoms. The van der Waals surface area contributed by atoms with Gasteiger partial charge in [-0.2, -0.15) is 5.10 Å². The first-order valence-corrected chi connectivity index (χ1v) is 7.73. The van der Waals surface area contributed by atoms with Crippen molar-refractivity contribution in [1.29, 1.82) is 0 Å². The van der Waals surface area contributed by atoms with Crippen molar-refractivity contribution in [2.75, 3.05) is 26.8 Å². The smallest absolute Gasteiger partial charge is 0.0658 e. The monoisotopic (exact) mass is 331 g/mol. The van der Waals surface area contributed by atoms with Gasteiger partial charge in [-0.25, -0.2) is 0 Å². The lowest BCUT2D eigenvalue weighted by Crippen LogP contribution is -2.26. The van der Waals surface area contributed by atoms with Crippen LogP contribution < -0.4 is 5.32 Å². The van der Waals surface area contributed by atoms with Crippen LogP contribution in [0.1, 0.15) is 26.5 Å². The molecule has 0 aromatic carbocycles. The van der Waals surface area contributed by atoms with Gasteiger partial charge >= 0.3 is 0 Å². The maximum atomic E-state index is 5.12. The molecule has 0 spiro atoms. The number of methoxy groups -OCH3 is 1. The molecular formula is C14H26BrN3O. The normalized spacial score (nSPS) is 13.2. The molecule has 0 aliphatic rings. The largest absolute Gasteiger partial charge is 0.383 e. The third-order valence-corrected chi connectivity index (χ3v) is 3.65. The van der Waals surface area contributed by atoms with Gasteiger partial charge < -0.3 is 10.1 Å². The van der Waals surface area contributed by atoms with E-state index >= 15 is 0 Å². The molecule has 1 atom stereocenters. The summed E-state index contributed by atoms with van der Waals surface area (Å²) in [4.78, 5) is 0. The Kier molecular flexibility index (Phi) is 7.64. The highest BCUT2D eigenvalue weighted by molar-refractivity contribution is 9.10. The molecular weight excluding hydrogens is 306 g/mol. The molecule has 0 amide bonds. The first-order chi connectivity index (χ1) is 9.04. The molecule has 1 rings (SSSR count). The summed E-state index contributed by atoms with van der Waals surface area (Å²) < 4.78 is 8.25. The van der Waals surface area contributed by atoms with Crippen LogP contribution in [0.4, 0.5) is 0 Å². The summed E-state index contributed by atoms with van der Waals surface area (Å²) in [5.74, 6) is 1.29. The summed E-state index contributed by atoms with van der Waals surface area (Å²) >= 11 is 3.58. The number of halogens is 1. The van der Waals surface area contributed by atoms with Gasteiger partial charge in [-0.1, -0.05) is 20.8 Å². The minimum atomic E-state index is 0.591. The highest BCUT2D eigenvalue weighted by atomic mass is 79.9. The predicted molar refractivity (Wildman–Crippen MR) is 82.4 cm³/mol. The van der Waals surface area contributed by atoms with Crippen LogP contribution in [0.5, 0.6) is 0 Å². The fourth-order valence-corrected chi connectivity index (χ4v) is 2.44. The number of nitrogens with zero attached hydrogens (tertiary/aromatic N) is 2. The molecule has 5 heteroatoms. The van der Waals surface area contributed by atoms with E-state index in [-0.39, 0.29) is 0 Å². The van der Waals surface area contributed by atoms with Crippen molar-refractivity contribution in [3.63, 3.8) is 0 Å². The van der Waals surface area contributed by atoms with Gasteiger partial charge in [0.1, 0.15) is 0 Å². The summed E-state index contributed by atoms with van der Waals surface area (Å²) in [6, 6.07) is 0. The van der Waals surface area contributed by atoms with Crippen molar-refractivity contribution in [1.82, 2.24) is 15.1 Å². The average Bonchev–Trinajstić information content (AvgIpc) is 2.68. The van der Waals surface area contributed by atoms with Gasteiger partial charge in [0.15, 0.2) is 0 Å². The topological polar surface area (TPSA) is 39.1 Å². The Morgan fingerprint density at radius 1 is 1.37 bits per heavy atom. The van der Waals surface area contributed by atoms with E-state index in [4.69, 9.17) is 4.74 Å². The minimum Gasteiger partial charge on any atom is -0.383 e. The number of rotatable bonds is 9. The lowest BCUT2D eigenvalue weighted by Gasteiger charge is -2.15. The SMILES string of the molecule is COCCn1ncc(Br)c1CC(C)CNCC(C)C. The van der Waals surface area contributed by atoms with Crippen LogP contribution >= 0.6 is 15.9 Å². The highest BCUT2D eigenvalue weighted by Crippen LogP contribution is 2.19. The fourth-order valence-electron chi connectivity index (χ4n) is 1.98. The number of nitrogens with one attached hydrogen (secondary N) is 1. The zero-order valence-corrected chi connectivity index (χ0v) is 14.0. The van der Waals surface area contributed by atoms with Crippen molar-refractivity contribution in [3.8, 4) is 0 Å². The van der Waals surface area contributed by atoms with Gasteiger partial charge in [0.2, 0.25) is 0 Å². The van der Waals surface area contributed by atoms with Gasteiger partial charge in [0, 0.05) is 7.11 Å². The van der Waals surface area contributed by atoms with Crippen LogP contribution in [0.2, 0.25) is 0 Å². The molecule has 1 unspecified atom stereocenters. The summed E-state index contributed by atoms with van der Waals surface area (Å²) in [6.07, 6.45) is 2.90. The first kappa shape index (κ1) is 16.7. The van der Waals surface area contributed by atoms with E-state index in [2.05, 4.69) is 47.1 Å². The van der Waals surface area contributed by atoms with Gasteiger partial charge in [0.25, 0.3) is 0 Å². The molecule has 0 aliphatic heterocycles. The first-order valence-electron chi connectivity index (χ1n) is 6.94. The van der Waals surface area contributed by atoms with E-state index in [1.807, 2.05) is 10.9 Å². The van der Waals surface area contributed by atoms with Gasteiger partial charge in [0.05, 0.1) is 29.5 Å². The Labute approximate surface area is 125 Å². The summed E-state index contributed by atoms with van der Waals surface area (Å²) in [5.41, 5.74) is 1.26. The maximum absolute atomic E-state index is 5.12. The third kappa shape index (κ3) is 6.06. The van der Waals surface area contributed by atoms with Crippen molar-refractivity contribution in [2.24, 2.45) is 11.8 Å². The number of aromatic nitrogens is 2. The molecule has 110 valence electrons. The standard InChI is InChI=1S/C14H26BrN3O/c1-11(2)8-16-9-12(3)7-14-13(15)10-17-18(14)5-6-19-4/h10-12,16H,5-9H2,1-4H3. The lowest BCUT2D eigenvalue weighted by atomic mass is 10.1. The summed E-state index contributed by atoms with van der Waals surface area (Å²) in [6.45, 7) is 10.4. The van der Waals surface area contributed by atoms with E-state index in [0.717, 1.165) is 30.5 Å². The summed E-state index contributed by atoms with van der Waals surface area (Å²) in [5, 5.41) is 7.89. The van der Waals surface area contributed by atoms with Crippen LogP contribution in [0.15, 0.2) is 10.7 Å². The van der Waals surface area contributed by atoms with E-state index in [1.165, 1.54) is 5.69 Å². The zero-order chi connectivity index (χ0) is 14.3. The molecule has 0 aliphatic carbocycles. The van der Waals surface area contributed by atoms with Crippen LogP contribution in [0.3, 0.4) is 0 Å². The predicted octanol–water partition coefficient (Wildman–Crippen LogP) is 2.72. The average molecular weight is 332 g/mol. The molecule has 0 saturated carbocycles. The van der Waals surface area contributed by atoms with E-state index in [1.54, 1.807) is 7.11 Å². The van der Waals surface area contributed by atoms with Crippen molar-refractivity contribution in [2.45, 2.75) is 33.7 Å². The van der Waals surface area contributed by atoms with Crippen LogP contribution in [-0.4, -0.2) is 36.6 Å². The minimum absolute atomic E-state index is 0.591. The molecule has 19 heavy (non-hydrogen) atoms. The number of ether oxygens (including phenoxy) is 1. The van der Waals surface area contributed by atoms with E-state index in [9.17, 15) is 0 Å². The quantitative estimate of drug-likeness (QED) is 0.756. The highest BCUT2D eigenvalue weighted by Gasteiger charge is 2.12. The van der Waals surface area contributed by atoms with Crippen molar-refractivity contribution < 1.29 is 4.74 Å². The van der Waals surface area contributed by atoms with Crippen molar-refractivity contribution in [3.05, 3.63) is 16.4 Å². The molecule has 1 heterocycles.